The maximum atomic E-state index is 12.6. The summed E-state index contributed by atoms with van der Waals surface area (Å²) in [7, 11) is 0. The average molecular weight is 349 g/mol. The van der Waals surface area contributed by atoms with Crippen LogP contribution in [0.25, 0.3) is 0 Å². The van der Waals surface area contributed by atoms with Crippen molar-refractivity contribution in [2.75, 3.05) is 0 Å². The molecule has 3 nitrogen and oxygen atoms in total. The minimum absolute atomic E-state index is 0. The zero-order chi connectivity index (χ0) is 15.7. The second-order valence-electron chi connectivity index (χ2n) is 6.15. The lowest BCUT2D eigenvalue weighted by molar-refractivity contribution is -0.182. The number of carbonyl (C=O) groups excluding carboxylic acids is 1. The Balaban J connectivity index is 0.00000192. The van der Waals surface area contributed by atoms with Crippen LogP contribution in [0.4, 0.5) is 13.2 Å². The normalized spacial score (nSPS) is 23.8. The van der Waals surface area contributed by atoms with E-state index in [0.29, 0.717) is 18.4 Å². The van der Waals surface area contributed by atoms with Gasteiger partial charge in [0.2, 0.25) is 0 Å². The molecular formula is C16H20ClF3N2O. The van der Waals surface area contributed by atoms with Crippen molar-refractivity contribution in [1.82, 2.24) is 10.6 Å². The molecule has 1 amide bonds. The van der Waals surface area contributed by atoms with E-state index in [1.807, 2.05) is 12.1 Å². The van der Waals surface area contributed by atoms with Gasteiger partial charge in [-0.15, -0.1) is 12.4 Å². The molecule has 0 unspecified atom stereocenters. The molecule has 0 radical (unpaired) electrons. The fraction of sp³-hybridized carbons (Fsp3) is 0.562. The molecule has 1 fully saturated rings. The van der Waals surface area contributed by atoms with Crippen LogP contribution in [-0.4, -0.2) is 18.1 Å². The van der Waals surface area contributed by atoms with Crippen LogP contribution < -0.4 is 10.6 Å². The Morgan fingerprint density at radius 3 is 2.39 bits per heavy atom. The summed E-state index contributed by atoms with van der Waals surface area (Å²) in [6.07, 6.45) is -3.13. The third-order valence-electron chi connectivity index (χ3n) is 4.62. The first-order valence-corrected chi connectivity index (χ1v) is 7.63. The molecule has 7 heteroatoms. The van der Waals surface area contributed by atoms with Crippen LogP contribution in [0, 0.1) is 5.92 Å². The van der Waals surface area contributed by atoms with E-state index in [9.17, 15) is 18.0 Å². The highest BCUT2D eigenvalue weighted by Gasteiger charge is 2.41. The monoisotopic (exact) mass is 348 g/mol. The van der Waals surface area contributed by atoms with E-state index in [4.69, 9.17) is 0 Å². The number of alkyl halides is 3. The fourth-order valence-electron chi connectivity index (χ4n) is 3.27. The predicted octanol–water partition coefficient (Wildman–Crippen LogP) is 3.56. The number of halogens is 4. The number of amides is 1. The van der Waals surface area contributed by atoms with Gasteiger partial charge in [-0.25, -0.2) is 0 Å². The van der Waals surface area contributed by atoms with Gasteiger partial charge < -0.3 is 10.6 Å². The Hall–Kier alpha value is -1.27. The van der Waals surface area contributed by atoms with Crippen molar-refractivity contribution in [3.05, 3.63) is 34.9 Å². The van der Waals surface area contributed by atoms with Gasteiger partial charge in [-0.05, 0) is 48.9 Å². The van der Waals surface area contributed by atoms with E-state index in [2.05, 4.69) is 10.6 Å². The van der Waals surface area contributed by atoms with Crippen LogP contribution in [0.2, 0.25) is 0 Å². The molecule has 0 bridgehead atoms. The van der Waals surface area contributed by atoms with Crippen molar-refractivity contribution in [2.45, 2.75) is 51.0 Å². The van der Waals surface area contributed by atoms with Crippen LogP contribution in [0.3, 0.4) is 0 Å². The molecule has 23 heavy (non-hydrogen) atoms. The highest BCUT2D eigenvalue weighted by Crippen LogP contribution is 2.37. The second kappa shape index (κ2) is 7.09. The summed E-state index contributed by atoms with van der Waals surface area (Å²) in [6.45, 7) is 1.58. The van der Waals surface area contributed by atoms with Crippen molar-refractivity contribution in [3.8, 4) is 0 Å². The smallest absolute Gasteiger partial charge is 0.349 e. The van der Waals surface area contributed by atoms with Gasteiger partial charge in [-0.1, -0.05) is 6.07 Å². The van der Waals surface area contributed by atoms with Gasteiger partial charge in [0.1, 0.15) is 0 Å². The molecule has 1 saturated carbocycles. The number of carbonyl (C=O) groups is 1. The number of nitrogens with one attached hydrogen (secondary N) is 2. The maximum absolute atomic E-state index is 12.6. The van der Waals surface area contributed by atoms with Gasteiger partial charge in [-0.2, -0.15) is 13.2 Å². The summed E-state index contributed by atoms with van der Waals surface area (Å²) >= 11 is 0. The van der Waals surface area contributed by atoms with Crippen molar-refractivity contribution in [1.29, 1.82) is 0 Å². The lowest BCUT2D eigenvalue weighted by Crippen LogP contribution is -2.40. The predicted molar refractivity (Wildman–Crippen MR) is 83.5 cm³/mol. The molecule has 128 valence electrons. The van der Waals surface area contributed by atoms with Gasteiger partial charge >= 0.3 is 6.18 Å². The molecule has 0 atom stereocenters. The molecule has 0 saturated heterocycles. The van der Waals surface area contributed by atoms with Crippen molar-refractivity contribution < 1.29 is 18.0 Å². The number of benzene rings is 1. The standard InChI is InChI=1S/C16H19F3N2O.ClH/c17-16(18,19)13-3-5-14(6-4-13)21-15(22)10-1-2-11-8-20-9-12(11)7-10;/h1-2,7,13-14,20H,3-6,8-9H2,(H,21,22);1H. The van der Waals surface area contributed by atoms with Gasteiger partial charge in [0.05, 0.1) is 5.92 Å². The van der Waals surface area contributed by atoms with Gasteiger partial charge in [-0.3, -0.25) is 4.79 Å². The average Bonchev–Trinajstić information content (AvgIpc) is 2.94. The van der Waals surface area contributed by atoms with E-state index < -0.39 is 12.1 Å². The summed E-state index contributed by atoms with van der Waals surface area (Å²) in [6, 6.07) is 5.43. The summed E-state index contributed by atoms with van der Waals surface area (Å²) < 4.78 is 37.9. The van der Waals surface area contributed by atoms with Gasteiger partial charge in [0.25, 0.3) is 5.91 Å². The molecule has 0 spiro atoms. The van der Waals surface area contributed by atoms with E-state index in [1.165, 1.54) is 5.56 Å². The zero-order valence-corrected chi connectivity index (χ0v) is 13.4. The Morgan fingerprint density at radius 2 is 1.74 bits per heavy atom. The van der Waals surface area contributed by atoms with Crippen LogP contribution in [0.1, 0.15) is 47.2 Å². The topological polar surface area (TPSA) is 41.1 Å². The van der Waals surface area contributed by atoms with Gasteiger partial charge in [0, 0.05) is 24.7 Å². The summed E-state index contributed by atoms with van der Waals surface area (Å²) in [5.41, 5.74) is 2.90. The molecule has 2 aliphatic rings. The van der Waals surface area contributed by atoms with Crippen molar-refractivity contribution in [2.24, 2.45) is 5.92 Å². The van der Waals surface area contributed by atoms with E-state index >= 15 is 0 Å². The number of hydrogen-bond donors (Lipinski definition) is 2. The van der Waals surface area contributed by atoms with Crippen LogP contribution in [0.5, 0.6) is 0 Å². The van der Waals surface area contributed by atoms with Crippen LogP contribution >= 0.6 is 12.4 Å². The number of fused-ring (bicyclic) bond motifs is 1. The van der Waals surface area contributed by atoms with Crippen LogP contribution in [0.15, 0.2) is 18.2 Å². The van der Waals surface area contributed by atoms with E-state index in [1.54, 1.807) is 6.07 Å². The lowest BCUT2D eigenvalue weighted by atomic mass is 9.85. The highest BCUT2D eigenvalue weighted by molar-refractivity contribution is 5.94. The molecule has 3 rings (SSSR count). The Bertz CT molecular complexity index is 569. The second-order valence-corrected chi connectivity index (χ2v) is 6.15. The third-order valence-corrected chi connectivity index (χ3v) is 4.62. The molecule has 0 aromatic heterocycles. The largest absolute Gasteiger partial charge is 0.391 e. The number of rotatable bonds is 2. The third kappa shape index (κ3) is 4.18. The first-order chi connectivity index (χ1) is 10.4. The summed E-state index contributed by atoms with van der Waals surface area (Å²) in [4.78, 5) is 12.2. The van der Waals surface area contributed by atoms with E-state index in [0.717, 1.165) is 18.7 Å². The first kappa shape index (κ1) is 18.1. The Labute approximate surface area is 139 Å². The lowest BCUT2D eigenvalue weighted by Gasteiger charge is -2.30. The SMILES string of the molecule is Cl.O=C(NC1CCC(C(F)(F)F)CC1)c1ccc2c(c1)CNC2. The molecule has 1 aliphatic heterocycles. The summed E-state index contributed by atoms with van der Waals surface area (Å²) in [5.74, 6) is -1.41. The molecule has 2 N–H and O–H groups in total. The quantitative estimate of drug-likeness (QED) is 0.858. The first-order valence-electron chi connectivity index (χ1n) is 7.63. The highest BCUT2D eigenvalue weighted by atomic mass is 35.5. The van der Waals surface area contributed by atoms with E-state index in [-0.39, 0.29) is 37.2 Å². The number of hydrogen-bond acceptors (Lipinski definition) is 2. The molecular weight excluding hydrogens is 329 g/mol. The zero-order valence-electron chi connectivity index (χ0n) is 12.6. The van der Waals surface area contributed by atoms with Gasteiger partial charge in [0.15, 0.2) is 0 Å². The van der Waals surface area contributed by atoms with Crippen molar-refractivity contribution >= 4 is 18.3 Å². The maximum Gasteiger partial charge on any atom is 0.391 e. The summed E-state index contributed by atoms with van der Waals surface area (Å²) in [5, 5.41) is 6.09. The molecule has 1 aromatic rings. The molecule has 1 aliphatic carbocycles. The Morgan fingerprint density at radius 1 is 1.09 bits per heavy atom. The molecule has 1 aromatic carbocycles. The molecule has 1 heterocycles. The Kier molecular flexibility index (Phi) is 5.57. The van der Waals surface area contributed by atoms with Crippen LogP contribution in [-0.2, 0) is 13.1 Å². The van der Waals surface area contributed by atoms with Crippen molar-refractivity contribution in [3.63, 3.8) is 0 Å². The fourth-order valence-corrected chi connectivity index (χ4v) is 3.27. The minimum atomic E-state index is -4.11. The minimum Gasteiger partial charge on any atom is -0.349 e.